The van der Waals surface area contributed by atoms with Crippen LogP contribution in [0, 0.1) is 6.92 Å². The summed E-state index contributed by atoms with van der Waals surface area (Å²) in [6.45, 7) is 2.06. The van der Waals surface area contributed by atoms with Crippen molar-refractivity contribution in [3.05, 3.63) is 48.4 Å². The van der Waals surface area contributed by atoms with Gasteiger partial charge in [0.2, 0.25) is 0 Å². The summed E-state index contributed by atoms with van der Waals surface area (Å²) in [4.78, 5) is 10.7. The van der Waals surface area contributed by atoms with Crippen molar-refractivity contribution in [3.63, 3.8) is 0 Å². The average Bonchev–Trinajstić information content (AvgIpc) is 2.85. The molecule has 0 aliphatic heterocycles. The number of hydrogen-bond acceptors (Lipinski definition) is 4. The van der Waals surface area contributed by atoms with E-state index < -0.39 is 0 Å². The first-order valence-electron chi connectivity index (χ1n) is 6.05. The van der Waals surface area contributed by atoms with Crippen molar-refractivity contribution in [1.29, 1.82) is 0 Å². The zero-order valence-electron chi connectivity index (χ0n) is 10.9. The van der Waals surface area contributed by atoms with Gasteiger partial charge in [-0.05, 0) is 24.6 Å². The Bertz CT molecular complexity index is 732. The van der Waals surface area contributed by atoms with Gasteiger partial charge in [0.25, 0.3) is 0 Å². The summed E-state index contributed by atoms with van der Waals surface area (Å²) in [5.41, 5.74) is 8.89. The molecule has 2 heterocycles. The standard InChI is InChI=1S/C14H15N5/c1-10-4-3-5-11(8-10)18(2)14-13-16-6-7-19(13)9-12(15)17-14/h3-9H,15H2,1-2H3. The van der Waals surface area contributed by atoms with Crippen LogP contribution in [0.15, 0.2) is 42.9 Å². The van der Waals surface area contributed by atoms with Gasteiger partial charge in [-0.25, -0.2) is 9.97 Å². The maximum Gasteiger partial charge on any atom is 0.180 e. The molecule has 96 valence electrons. The molecule has 2 N–H and O–H groups in total. The molecule has 0 bridgehead atoms. The van der Waals surface area contributed by atoms with Gasteiger partial charge in [-0.1, -0.05) is 12.1 Å². The van der Waals surface area contributed by atoms with Gasteiger partial charge < -0.3 is 15.0 Å². The van der Waals surface area contributed by atoms with Gasteiger partial charge in [-0.3, -0.25) is 0 Å². The van der Waals surface area contributed by atoms with Crippen LogP contribution in [0.3, 0.4) is 0 Å². The van der Waals surface area contributed by atoms with Crippen LogP contribution >= 0.6 is 0 Å². The minimum Gasteiger partial charge on any atom is -0.382 e. The first-order valence-corrected chi connectivity index (χ1v) is 6.05. The number of aryl methyl sites for hydroxylation is 1. The quantitative estimate of drug-likeness (QED) is 0.761. The highest BCUT2D eigenvalue weighted by atomic mass is 15.2. The normalized spacial score (nSPS) is 10.8. The first kappa shape index (κ1) is 11.5. The molecule has 0 atom stereocenters. The van der Waals surface area contributed by atoms with Gasteiger partial charge in [-0.2, -0.15) is 0 Å². The number of benzene rings is 1. The molecule has 19 heavy (non-hydrogen) atoms. The molecule has 0 saturated heterocycles. The van der Waals surface area contributed by atoms with E-state index in [0.29, 0.717) is 5.82 Å². The highest BCUT2D eigenvalue weighted by molar-refractivity contribution is 5.73. The summed E-state index contributed by atoms with van der Waals surface area (Å²) in [5.74, 6) is 1.22. The van der Waals surface area contributed by atoms with Crippen LogP contribution in [0.1, 0.15) is 5.56 Å². The van der Waals surface area contributed by atoms with E-state index in [4.69, 9.17) is 5.73 Å². The Balaban J connectivity index is 2.15. The molecule has 1 aromatic carbocycles. The topological polar surface area (TPSA) is 59.5 Å². The van der Waals surface area contributed by atoms with E-state index >= 15 is 0 Å². The SMILES string of the molecule is Cc1cccc(N(C)c2nc(N)cn3ccnc23)c1. The molecule has 0 fully saturated rings. The van der Waals surface area contributed by atoms with Crippen LogP contribution < -0.4 is 10.6 Å². The Labute approximate surface area is 111 Å². The largest absolute Gasteiger partial charge is 0.382 e. The maximum atomic E-state index is 5.84. The molecular formula is C14H15N5. The molecule has 5 nitrogen and oxygen atoms in total. The van der Waals surface area contributed by atoms with Gasteiger partial charge in [0.05, 0.1) is 6.20 Å². The fourth-order valence-electron chi connectivity index (χ4n) is 2.12. The minimum absolute atomic E-state index is 0.472. The number of rotatable bonds is 2. The Kier molecular flexibility index (Phi) is 2.59. The summed E-state index contributed by atoms with van der Waals surface area (Å²) >= 11 is 0. The summed E-state index contributed by atoms with van der Waals surface area (Å²) in [6, 6.07) is 8.23. The lowest BCUT2D eigenvalue weighted by molar-refractivity contribution is 1.07. The molecule has 0 saturated carbocycles. The van der Waals surface area contributed by atoms with Crippen LogP contribution in [0.25, 0.3) is 5.65 Å². The van der Waals surface area contributed by atoms with Crippen LogP contribution in [0.5, 0.6) is 0 Å². The molecular weight excluding hydrogens is 238 g/mol. The molecule has 3 rings (SSSR count). The van der Waals surface area contributed by atoms with E-state index in [-0.39, 0.29) is 0 Å². The van der Waals surface area contributed by atoms with E-state index in [2.05, 4.69) is 29.0 Å². The Morgan fingerprint density at radius 2 is 2.16 bits per heavy atom. The van der Waals surface area contributed by atoms with Gasteiger partial charge >= 0.3 is 0 Å². The second-order valence-corrected chi connectivity index (χ2v) is 4.55. The summed E-state index contributed by atoms with van der Waals surface area (Å²) in [5, 5.41) is 0. The first-order chi connectivity index (χ1) is 9.15. The highest BCUT2D eigenvalue weighted by Gasteiger charge is 2.12. The van der Waals surface area contributed by atoms with Gasteiger partial charge in [0, 0.05) is 25.1 Å². The van der Waals surface area contributed by atoms with Crippen molar-refractivity contribution >= 4 is 23.0 Å². The third kappa shape index (κ3) is 1.99. The van der Waals surface area contributed by atoms with Gasteiger partial charge in [0.1, 0.15) is 5.82 Å². The van der Waals surface area contributed by atoms with E-state index in [1.807, 2.05) is 34.7 Å². The monoisotopic (exact) mass is 253 g/mol. The lowest BCUT2D eigenvalue weighted by atomic mass is 10.2. The van der Waals surface area contributed by atoms with Gasteiger partial charge in [0.15, 0.2) is 11.5 Å². The van der Waals surface area contributed by atoms with Crippen molar-refractivity contribution in [2.45, 2.75) is 6.92 Å². The van der Waals surface area contributed by atoms with Crippen molar-refractivity contribution in [2.75, 3.05) is 17.7 Å². The maximum absolute atomic E-state index is 5.84. The summed E-state index contributed by atoms with van der Waals surface area (Å²) in [6.07, 6.45) is 5.36. The van der Waals surface area contributed by atoms with Crippen molar-refractivity contribution in [2.24, 2.45) is 0 Å². The fraction of sp³-hybridized carbons (Fsp3) is 0.143. The predicted molar refractivity (Wildman–Crippen MR) is 76.6 cm³/mol. The molecule has 0 unspecified atom stereocenters. The van der Waals surface area contributed by atoms with Crippen LogP contribution in [-0.4, -0.2) is 21.4 Å². The number of fused-ring (bicyclic) bond motifs is 1. The summed E-state index contributed by atoms with van der Waals surface area (Å²) in [7, 11) is 1.96. The molecule has 0 aliphatic rings. The Morgan fingerprint density at radius 1 is 1.32 bits per heavy atom. The molecule has 0 spiro atoms. The fourth-order valence-corrected chi connectivity index (χ4v) is 2.12. The van der Waals surface area contributed by atoms with E-state index in [1.165, 1.54) is 5.56 Å². The lowest BCUT2D eigenvalue weighted by Crippen LogP contribution is -2.14. The molecule has 0 amide bonds. The molecule has 0 aliphatic carbocycles. The number of nitrogen functional groups attached to an aromatic ring is 1. The Morgan fingerprint density at radius 3 is 2.95 bits per heavy atom. The minimum atomic E-state index is 0.472. The number of imidazole rings is 1. The second-order valence-electron chi connectivity index (χ2n) is 4.55. The third-order valence-electron chi connectivity index (χ3n) is 3.08. The average molecular weight is 253 g/mol. The van der Waals surface area contributed by atoms with Crippen LogP contribution in [0.2, 0.25) is 0 Å². The van der Waals surface area contributed by atoms with Gasteiger partial charge in [-0.15, -0.1) is 0 Å². The van der Waals surface area contributed by atoms with Crippen molar-refractivity contribution < 1.29 is 0 Å². The van der Waals surface area contributed by atoms with Crippen molar-refractivity contribution in [3.8, 4) is 0 Å². The Hall–Kier alpha value is -2.56. The summed E-state index contributed by atoms with van der Waals surface area (Å²) < 4.78 is 1.88. The number of aromatic nitrogens is 3. The highest BCUT2D eigenvalue weighted by Crippen LogP contribution is 2.26. The molecule has 3 aromatic rings. The zero-order valence-corrected chi connectivity index (χ0v) is 10.9. The number of nitrogens with two attached hydrogens (primary N) is 1. The molecule has 5 heteroatoms. The number of anilines is 3. The lowest BCUT2D eigenvalue weighted by Gasteiger charge is -2.19. The van der Waals surface area contributed by atoms with Crippen molar-refractivity contribution in [1.82, 2.24) is 14.4 Å². The van der Waals surface area contributed by atoms with E-state index in [1.54, 1.807) is 12.4 Å². The van der Waals surface area contributed by atoms with E-state index in [9.17, 15) is 0 Å². The molecule has 2 aromatic heterocycles. The number of hydrogen-bond donors (Lipinski definition) is 1. The molecule has 0 radical (unpaired) electrons. The zero-order chi connectivity index (χ0) is 13.4. The third-order valence-corrected chi connectivity index (χ3v) is 3.08. The van der Waals surface area contributed by atoms with Crippen LogP contribution in [-0.2, 0) is 0 Å². The predicted octanol–water partition coefficient (Wildman–Crippen LogP) is 2.39. The second kappa shape index (κ2) is 4.28. The smallest absolute Gasteiger partial charge is 0.180 e. The van der Waals surface area contributed by atoms with Crippen LogP contribution in [0.4, 0.5) is 17.3 Å². The van der Waals surface area contributed by atoms with E-state index in [0.717, 1.165) is 17.2 Å². The number of nitrogens with zero attached hydrogens (tertiary/aromatic N) is 4.